The molecule has 2 aromatic rings. The Hall–Kier alpha value is -3.22. The van der Waals surface area contributed by atoms with E-state index in [4.69, 9.17) is 0 Å². The standard InChI is InChI=1S/C21H20FN3O3/c22-14-6-5-7-15(12-14)23-19(26)13-25-17-9-2-1-8-16(17)20(27)24-11-4-3-10-18(24)21(25)28/h1-2,5-9,12,18H,3-4,10-11,13H2,(H,23,26). The van der Waals surface area contributed by atoms with Gasteiger partial charge in [0.2, 0.25) is 11.8 Å². The van der Waals surface area contributed by atoms with Crippen molar-refractivity contribution in [3.8, 4) is 0 Å². The van der Waals surface area contributed by atoms with Crippen molar-refractivity contribution in [1.82, 2.24) is 4.90 Å². The fraction of sp³-hybridized carbons (Fsp3) is 0.286. The molecule has 2 aliphatic heterocycles. The first kappa shape index (κ1) is 18.2. The summed E-state index contributed by atoms with van der Waals surface area (Å²) in [6.07, 6.45) is 2.30. The predicted octanol–water partition coefficient (Wildman–Crippen LogP) is 2.81. The molecule has 0 spiro atoms. The number of benzene rings is 2. The molecule has 1 fully saturated rings. The summed E-state index contributed by atoms with van der Waals surface area (Å²) in [6.45, 7) is 0.289. The highest BCUT2D eigenvalue weighted by molar-refractivity contribution is 6.13. The van der Waals surface area contributed by atoms with Gasteiger partial charge in [-0.1, -0.05) is 18.2 Å². The van der Waals surface area contributed by atoms with Crippen LogP contribution in [0, 0.1) is 5.82 Å². The van der Waals surface area contributed by atoms with E-state index in [2.05, 4.69) is 5.32 Å². The fourth-order valence-corrected chi connectivity index (χ4v) is 3.85. The lowest BCUT2D eigenvalue weighted by Gasteiger charge is -2.34. The van der Waals surface area contributed by atoms with E-state index < -0.39 is 17.8 Å². The number of anilines is 2. The van der Waals surface area contributed by atoms with Crippen molar-refractivity contribution in [2.45, 2.75) is 25.3 Å². The molecule has 0 aromatic heterocycles. The molecule has 0 bridgehead atoms. The quantitative estimate of drug-likeness (QED) is 0.889. The normalized spacial score (nSPS) is 19.0. The largest absolute Gasteiger partial charge is 0.327 e. The molecule has 4 rings (SSSR count). The first-order chi connectivity index (χ1) is 13.5. The number of hydrogen-bond acceptors (Lipinski definition) is 3. The van der Waals surface area contributed by atoms with E-state index in [1.165, 1.54) is 23.1 Å². The summed E-state index contributed by atoms with van der Waals surface area (Å²) < 4.78 is 13.4. The molecule has 1 saturated heterocycles. The average molecular weight is 381 g/mol. The summed E-state index contributed by atoms with van der Waals surface area (Å²) in [5, 5.41) is 2.61. The van der Waals surface area contributed by atoms with Crippen molar-refractivity contribution in [3.63, 3.8) is 0 Å². The summed E-state index contributed by atoms with van der Waals surface area (Å²) >= 11 is 0. The zero-order valence-corrected chi connectivity index (χ0v) is 15.2. The second-order valence-electron chi connectivity index (χ2n) is 7.01. The van der Waals surface area contributed by atoms with Crippen LogP contribution in [-0.4, -0.2) is 41.8 Å². The van der Waals surface area contributed by atoms with Gasteiger partial charge in [0.1, 0.15) is 18.4 Å². The molecule has 6 nitrogen and oxygen atoms in total. The summed E-state index contributed by atoms with van der Waals surface area (Å²) in [5.41, 5.74) is 1.16. The SMILES string of the molecule is O=C(CN1C(=O)C2CCCCN2C(=O)c2ccccc21)Nc1cccc(F)c1. The van der Waals surface area contributed by atoms with Gasteiger partial charge in [0, 0.05) is 12.2 Å². The number of fused-ring (bicyclic) bond motifs is 2. The van der Waals surface area contributed by atoms with Gasteiger partial charge in [-0.05, 0) is 49.6 Å². The Morgan fingerprint density at radius 3 is 2.75 bits per heavy atom. The number of piperidine rings is 1. The van der Waals surface area contributed by atoms with Crippen LogP contribution in [0.2, 0.25) is 0 Å². The van der Waals surface area contributed by atoms with Crippen LogP contribution in [0.3, 0.4) is 0 Å². The number of nitrogens with one attached hydrogen (secondary N) is 1. The Morgan fingerprint density at radius 1 is 1.11 bits per heavy atom. The minimum atomic E-state index is -0.560. The Bertz CT molecular complexity index is 946. The van der Waals surface area contributed by atoms with Gasteiger partial charge in [0.15, 0.2) is 0 Å². The molecule has 2 aliphatic rings. The Morgan fingerprint density at radius 2 is 1.93 bits per heavy atom. The molecule has 144 valence electrons. The number of nitrogens with zero attached hydrogens (tertiary/aromatic N) is 2. The second kappa shape index (κ2) is 7.42. The maximum absolute atomic E-state index is 13.4. The van der Waals surface area contributed by atoms with Gasteiger partial charge in [-0.2, -0.15) is 0 Å². The van der Waals surface area contributed by atoms with E-state index in [0.717, 1.165) is 12.8 Å². The molecular formula is C21H20FN3O3. The molecule has 1 unspecified atom stereocenters. The maximum Gasteiger partial charge on any atom is 0.256 e. The van der Waals surface area contributed by atoms with Crippen LogP contribution < -0.4 is 10.2 Å². The fourth-order valence-electron chi connectivity index (χ4n) is 3.85. The molecule has 1 N–H and O–H groups in total. The third kappa shape index (κ3) is 3.35. The molecule has 0 radical (unpaired) electrons. The van der Waals surface area contributed by atoms with Gasteiger partial charge < -0.3 is 15.1 Å². The molecule has 28 heavy (non-hydrogen) atoms. The zero-order valence-electron chi connectivity index (χ0n) is 15.2. The lowest BCUT2D eigenvalue weighted by molar-refractivity contribution is -0.125. The molecule has 0 aliphatic carbocycles. The monoisotopic (exact) mass is 381 g/mol. The number of carbonyl (C=O) groups is 3. The predicted molar refractivity (Wildman–Crippen MR) is 103 cm³/mol. The first-order valence-electron chi connectivity index (χ1n) is 9.31. The van der Waals surface area contributed by atoms with Gasteiger partial charge >= 0.3 is 0 Å². The molecular weight excluding hydrogens is 361 g/mol. The van der Waals surface area contributed by atoms with Gasteiger partial charge in [-0.15, -0.1) is 0 Å². The highest BCUT2D eigenvalue weighted by atomic mass is 19.1. The van der Waals surface area contributed by atoms with E-state index in [1.54, 1.807) is 35.2 Å². The molecule has 3 amide bonds. The molecule has 2 aromatic carbocycles. The summed E-state index contributed by atoms with van der Waals surface area (Å²) in [6, 6.07) is 11.9. The third-order valence-electron chi connectivity index (χ3n) is 5.15. The number of carbonyl (C=O) groups excluding carboxylic acids is 3. The van der Waals surface area contributed by atoms with Crippen molar-refractivity contribution in [3.05, 3.63) is 59.9 Å². The Balaban J connectivity index is 1.64. The smallest absolute Gasteiger partial charge is 0.256 e. The Kier molecular flexibility index (Phi) is 4.81. The van der Waals surface area contributed by atoms with Crippen LogP contribution in [-0.2, 0) is 9.59 Å². The first-order valence-corrected chi connectivity index (χ1v) is 9.31. The van der Waals surface area contributed by atoms with Crippen molar-refractivity contribution in [1.29, 1.82) is 0 Å². The van der Waals surface area contributed by atoms with Gasteiger partial charge in [0.25, 0.3) is 5.91 Å². The molecule has 7 heteroatoms. The Labute approximate surface area is 161 Å². The third-order valence-corrected chi connectivity index (χ3v) is 5.15. The van der Waals surface area contributed by atoms with Crippen LogP contribution in [0.15, 0.2) is 48.5 Å². The van der Waals surface area contributed by atoms with E-state index in [9.17, 15) is 18.8 Å². The maximum atomic E-state index is 13.4. The number of hydrogen-bond donors (Lipinski definition) is 1. The lowest BCUT2D eigenvalue weighted by Crippen LogP contribution is -2.52. The van der Waals surface area contributed by atoms with E-state index >= 15 is 0 Å². The number of halogens is 1. The minimum absolute atomic E-state index is 0.179. The van der Waals surface area contributed by atoms with Crippen LogP contribution in [0.1, 0.15) is 29.6 Å². The molecule has 1 atom stereocenters. The zero-order chi connectivity index (χ0) is 19.7. The molecule has 0 saturated carbocycles. The van der Waals surface area contributed by atoms with Gasteiger partial charge in [0.05, 0.1) is 11.3 Å². The van der Waals surface area contributed by atoms with E-state index in [-0.39, 0.29) is 18.4 Å². The lowest BCUT2D eigenvalue weighted by atomic mass is 10.0. The summed E-state index contributed by atoms with van der Waals surface area (Å²) in [4.78, 5) is 41.8. The number of para-hydroxylation sites is 1. The summed E-state index contributed by atoms with van der Waals surface area (Å²) in [7, 11) is 0. The van der Waals surface area contributed by atoms with Gasteiger partial charge in [-0.25, -0.2) is 4.39 Å². The average Bonchev–Trinajstić information content (AvgIpc) is 2.78. The van der Waals surface area contributed by atoms with Crippen LogP contribution in [0.25, 0.3) is 0 Å². The van der Waals surface area contributed by atoms with Crippen LogP contribution in [0.5, 0.6) is 0 Å². The van der Waals surface area contributed by atoms with Crippen LogP contribution >= 0.6 is 0 Å². The highest BCUT2D eigenvalue weighted by Crippen LogP contribution is 2.31. The second-order valence-corrected chi connectivity index (χ2v) is 7.01. The van der Waals surface area contributed by atoms with Crippen LogP contribution in [0.4, 0.5) is 15.8 Å². The van der Waals surface area contributed by atoms with Crippen molar-refractivity contribution < 1.29 is 18.8 Å². The van der Waals surface area contributed by atoms with Crippen molar-refractivity contribution >= 4 is 29.1 Å². The molecule has 2 heterocycles. The minimum Gasteiger partial charge on any atom is -0.327 e. The summed E-state index contributed by atoms with van der Waals surface area (Å²) in [5.74, 6) is -1.35. The van der Waals surface area contributed by atoms with E-state index in [1.807, 2.05) is 0 Å². The number of amides is 3. The number of rotatable bonds is 3. The van der Waals surface area contributed by atoms with E-state index in [0.29, 0.717) is 29.9 Å². The van der Waals surface area contributed by atoms with Gasteiger partial charge in [-0.3, -0.25) is 14.4 Å². The highest BCUT2D eigenvalue weighted by Gasteiger charge is 2.40. The topological polar surface area (TPSA) is 69.7 Å². The van der Waals surface area contributed by atoms with Crippen molar-refractivity contribution in [2.75, 3.05) is 23.3 Å². The van der Waals surface area contributed by atoms with Crippen molar-refractivity contribution in [2.24, 2.45) is 0 Å².